The molecule has 0 aliphatic heterocycles. The summed E-state index contributed by atoms with van der Waals surface area (Å²) < 4.78 is 0.900. The lowest BCUT2D eigenvalue weighted by Gasteiger charge is -2.23. The van der Waals surface area contributed by atoms with Crippen LogP contribution in [-0.4, -0.2) is 18.9 Å². The summed E-state index contributed by atoms with van der Waals surface area (Å²) in [5.74, 6) is 0.981. The molecule has 3 N–H and O–H groups in total. The van der Waals surface area contributed by atoms with Crippen LogP contribution < -0.4 is 10.6 Å². The smallest absolute Gasteiger partial charge is 0.123 e. The van der Waals surface area contributed by atoms with Gasteiger partial charge in [-0.25, -0.2) is 0 Å². The van der Waals surface area contributed by atoms with Crippen molar-refractivity contribution in [1.82, 2.24) is 0 Å². The van der Waals surface area contributed by atoms with Gasteiger partial charge in [0.25, 0.3) is 0 Å². The van der Waals surface area contributed by atoms with E-state index in [1.807, 2.05) is 12.1 Å². The molecular formula is C13H18BrN3. The molecule has 1 fully saturated rings. The van der Waals surface area contributed by atoms with Gasteiger partial charge in [-0.2, -0.15) is 0 Å². The second-order valence-corrected chi connectivity index (χ2v) is 5.41. The molecule has 0 atom stereocenters. The summed E-state index contributed by atoms with van der Waals surface area (Å²) in [6, 6.07) is 6.02. The number of halogens is 1. The fourth-order valence-corrected chi connectivity index (χ4v) is 2.53. The minimum absolute atomic E-state index is 0.105. The first-order valence-electron chi connectivity index (χ1n) is 6.00. The number of nitrogens with zero attached hydrogens (tertiary/aromatic N) is 1. The summed E-state index contributed by atoms with van der Waals surface area (Å²) in [7, 11) is 0. The van der Waals surface area contributed by atoms with Gasteiger partial charge in [-0.1, -0.05) is 0 Å². The van der Waals surface area contributed by atoms with E-state index in [1.165, 1.54) is 18.5 Å². The summed E-state index contributed by atoms with van der Waals surface area (Å²) in [5.41, 5.74) is 7.47. The van der Waals surface area contributed by atoms with Crippen LogP contribution in [-0.2, 0) is 0 Å². The number of anilines is 1. The molecule has 0 bridgehead atoms. The third-order valence-electron chi connectivity index (χ3n) is 3.17. The quantitative estimate of drug-likeness (QED) is 0.648. The first-order chi connectivity index (χ1) is 8.11. The molecule has 2 rings (SSSR count). The van der Waals surface area contributed by atoms with Crippen molar-refractivity contribution in [3.05, 3.63) is 28.2 Å². The molecule has 0 unspecified atom stereocenters. The molecule has 0 radical (unpaired) electrons. The second-order valence-electron chi connectivity index (χ2n) is 4.56. The first kappa shape index (κ1) is 12.4. The second kappa shape index (κ2) is 5.08. The van der Waals surface area contributed by atoms with Crippen molar-refractivity contribution >= 4 is 27.5 Å². The van der Waals surface area contributed by atoms with Crippen LogP contribution in [0.3, 0.4) is 0 Å². The molecule has 0 aromatic heterocycles. The normalized spacial score (nSPS) is 14.7. The van der Waals surface area contributed by atoms with Gasteiger partial charge in [0.05, 0.1) is 0 Å². The van der Waals surface area contributed by atoms with Crippen LogP contribution in [0.4, 0.5) is 5.69 Å². The van der Waals surface area contributed by atoms with Crippen molar-refractivity contribution in [2.45, 2.75) is 19.8 Å². The van der Waals surface area contributed by atoms with Crippen LogP contribution in [0, 0.1) is 11.3 Å². The zero-order chi connectivity index (χ0) is 12.4. The Balaban J connectivity index is 2.19. The van der Waals surface area contributed by atoms with E-state index in [0.29, 0.717) is 0 Å². The lowest BCUT2D eigenvalue weighted by Crippen LogP contribution is -2.25. The van der Waals surface area contributed by atoms with Gasteiger partial charge in [0.15, 0.2) is 0 Å². The van der Waals surface area contributed by atoms with Gasteiger partial charge < -0.3 is 10.6 Å². The number of nitrogen functional groups attached to an aromatic ring is 1. The van der Waals surface area contributed by atoms with E-state index in [4.69, 9.17) is 11.1 Å². The number of amidine groups is 1. The summed E-state index contributed by atoms with van der Waals surface area (Å²) in [6.07, 6.45) is 2.73. The lowest BCUT2D eigenvalue weighted by molar-refractivity contribution is 0.742. The van der Waals surface area contributed by atoms with E-state index in [0.717, 1.165) is 29.0 Å². The predicted molar refractivity (Wildman–Crippen MR) is 75.8 cm³/mol. The van der Waals surface area contributed by atoms with Crippen molar-refractivity contribution in [3.63, 3.8) is 0 Å². The maximum Gasteiger partial charge on any atom is 0.123 e. The highest BCUT2D eigenvalue weighted by molar-refractivity contribution is 9.10. The number of nitrogens with one attached hydrogen (secondary N) is 1. The minimum Gasteiger partial charge on any atom is -0.384 e. The molecule has 3 nitrogen and oxygen atoms in total. The van der Waals surface area contributed by atoms with E-state index in [1.54, 1.807) is 0 Å². The SMILES string of the molecule is CCN(CC1CC1)c1ccc(C(=N)N)c(Br)c1. The highest BCUT2D eigenvalue weighted by Crippen LogP contribution is 2.32. The summed E-state index contributed by atoms with van der Waals surface area (Å²) in [6.45, 7) is 4.33. The minimum atomic E-state index is 0.105. The molecule has 1 aromatic carbocycles. The molecule has 0 amide bonds. The van der Waals surface area contributed by atoms with Crippen molar-refractivity contribution in [1.29, 1.82) is 5.41 Å². The standard InChI is InChI=1S/C13H18BrN3/c1-2-17(8-9-3-4-9)10-5-6-11(13(15)16)12(14)7-10/h5-7,9H,2-4,8H2,1H3,(H3,15,16). The van der Waals surface area contributed by atoms with Gasteiger partial charge in [-0.3, -0.25) is 5.41 Å². The first-order valence-corrected chi connectivity index (χ1v) is 6.80. The number of hydrogen-bond donors (Lipinski definition) is 2. The largest absolute Gasteiger partial charge is 0.384 e. The molecule has 1 aromatic rings. The van der Waals surface area contributed by atoms with Crippen molar-refractivity contribution < 1.29 is 0 Å². The van der Waals surface area contributed by atoms with E-state index < -0.39 is 0 Å². The van der Waals surface area contributed by atoms with Gasteiger partial charge in [0, 0.05) is 28.8 Å². The van der Waals surface area contributed by atoms with Crippen LogP contribution in [0.15, 0.2) is 22.7 Å². The average molecular weight is 296 g/mol. The Morgan fingerprint density at radius 3 is 2.71 bits per heavy atom. The Bertz CT molecular complexity index is 427. The number of rotatable bonds is 5. The summed E-state index contributed by atoms with van der Waals surface area (Å²) in [4.78, 5) is 2.38. The van der Waals surface area contributed by atoms with Crippen molar-refractivity contribution in [3.8, 4) is 0 Å². The predicted octanol–water partition coefficient (Wildman–Crippen LogP) is 2.97. The fraction of sp³-hybridized carbons (Fsp3) is 0.462. The maximum atomic E-state index is 7.46. The molecule has 1 aliphatic rings. The van der Waals surface area contributed by atoms with Crippen molar-refractivity contribution in [2.75, 3.05) is 18.0 Å². The molecule has 4 heteroatoms. The third-order valence-corrected chi connectivity index (χ3v) is 3.82. The zero-order valence-electron chi connectivity index (χ0n) is 10.0. The Morgan fingerprint density at radius 1 is 1.53 bits per heavy atom. The highest BCUT2D eigenvalue weighted by atomic mass is 79.9. The fourth-order valence-electron chi connectivity index (χ4n) is 1.95. The summed E-state index contributed by atoms with van der Waals surface area (Å²) >= 11 is 3.48. The molecule has 92 valence electrons. The average Bonchev–Trinajstić information content (AvgIpc) is 3.09. The Hall–Kier alpha value is -1.03. The van der Waals surface area contributed by atoms with E-state index in [-0.39, 0.29) is 5.84 Å². The Labute approximate surface area is 111 Å². The molecular weight excluding hydrogens is 278 g/mol. The Kier molecular flexibility index (Phi) is 3.72. The van der Waals surface area contributed by atoms with Crippen LogP contribution in [0.25, 0.3) is 0 Å². The van der Waals surface area contributed by atoms with Crippen LogP contribution >= 0.6 is 15.9 Å². The van der Waals surface area contributed by atoms with Gasteiger partial charge in [0.2, 0.25) is 0 Å². The van der Waals surface area contributed by atoms with Crippen LogP contribution in [0.2, 0.25) is 0 Å². The number of benzene rings is 1. The number of nitrogens with two attached hydrogens (primary N) is 1. The zero-order valence-corrected chi connectivity index (χ0v) is 11.6. The monoisotopic (exact) mass is 295 g/mol. The molecule has 1 saturated carbocycles. The lowest BCUT2D eigenvalue weighted by atomic mass is 10.1. The van der Waals surface area contributed by atoms with Crippen molar-refractivity contribution in [2.24, 2.45) is 11.7 Å². The molecule has 0 saturated heterocycles. The van der Waals surface area contributed by atoms with E-state index >= 15 is 0 Å². The van der Waals surface area contributed by atoms with Crippen LogP contribution in [0.1, 0.15) is 25.3 Å². The third kappa shape index (κ3) is 3.00. The topological polar surface area (TPSA) is 53.1 Å². The van der Waals surface area contributed by atoms with Gasteiger partial charge in [-0.05, 0) is 59.8 Å². The molecule has 17 heavy (non-hydrogen) atoms. The molecule has 1 aliphatic carbocycles. The van der Waals surface area contributed by atoms with Gasteiger partial charge in [-0.15, -0.1) is 0 Å². The number of hydrogen-bond acceptors (Lipinski definition) is 2. The van der Waals surface area contributed by atoms with E-state index in [9.17, 15) is 0 Å². The van der Waals surface area contributed by atoms with E-state index in [2.05, 4.69) is 33.8 Å². The molecule has 0 spiro atoms. The van der Waals surface area contributed by atoms with Gasteiger partial charge in [0.1, 0.15) is 5.84 Å². The van der Waals surface area contributed by atoms with Gasteiger partial charge >= 0.3 is 0 Å². The summed E-state index contributed by atoms with van der Waals surface area (Å²) in [5, 5.41) is 7.46. The Morgan fingerprint density at radius 2 is 2.24 bits per heavy atom. The molecule has 0 heterocycles. The maximum absolute atomic E-state index is 7.46. The highest BCUT2D eigenvalue weighted by Gasteiger charge is 2.24. The van der Waals surface area contributed by atoms with Crippen LogP contribution in [0.5, 0.6) is 0 Å².